The number of aryl methyl sites for hydroxylation is 2. The Morgan fingerprint density at radius 3 is 2.48 bits per heavy atom. The molecular formula is C16H18N2O3. The van der Waals surface area contributed by atoms with Crippen LogP contribution in [-0.2, 0) is 9.59 Å². The fourth-order valence-electron chi connectivity index (χ4n) is 3.63. The number of hydrogen-bond acceptors (Lipinski definition) is 3. The number of pyridine rings is 1. The molecular weight excluding hydrogens is 268 g/mol. The van der Waals surface area contributed by atoms with Gasteiger partial charge in [0.25, 0.3) is 0 Å². The number of allylic oxidation sites excluding steroid dienone is 2. The average molecular weight is 286 g/mol. The van der Waals surface area contributed by atoms with Gasteiger partial charge in [-0.15, -0.1) is 0 Å². The minimum absolute atomic E-state index is 0.0181. The molecule has 110 valence electrons. The van der Waals surface area contributed by atoms with E-state index in [-0.39, 0.29) is 17.7 Å². The third kappa shape index (κ3) is 2.44. The van der Waals surface area contributed by atoms with Crippen LogP contribution in [0.1, 0.15) is 17.7 Å². The second-order valence-electron chi connectivity index (χ2n) is 6.00. The molecule has 1 saturated carbocycles. The number of fused-ring (bicyclic) bond motifs is 2. The molecule has 5 nitrogen and oxygen atoms in total. The summed E-state index contributed by atoms with van der Waals surface area (Å²) in [6, 6.07) is 3.72. The molecule has 4 atom stereocenters. The number of nitrogens with zero attached hydrogens (tertiary/aromatic N) is 1. The fourth-order valence-corrected chi connectivity index (χ4v) is 3.63. The van der Waals surface area contributed by atoms with Gasteiger partial charge in [0.2, 0.25) is 5.91 Å². The molecule has 2 bridgehead atoms. The molecule has 3 rings (SSSR count). The average Bonchev–Trinajstić information content (AvgIpc) is 2.96. The Hall–Kier alpha value is -2.17. The van der Waals surface area contributed by atoms with Gasteiger partial charge in [-0.2, -0.15) is 0 Å². The van der Waals surface area contributed by atoms with Crippen LogP contribution in [0.5, 0.6) is 0 Å². The first-order valence-electron chi connectivity index (χ1n) is 7.13. The molecule has 0 spiro atoms. The number of aromatic nitrogens is 1. The first-order chi connectivity index (χ1) is 9.95. The Morgan fingerprint density at radius 2 is 1.86 bits per heavy atom. The van der Waals surface area contributed by atoms with E-state index in [2.05, 4.69) is 10.3 Å². The second-order valence-corrected chi connectivity index (χ2v) is 6.00. The van der Waals surface area contributed by atoms with E-state index in [1.54, 1.807) is 6.07 Å². The number of carboxylic acids is 1. The van der Waals surface area contributed by atoms with Crippen molar-refractivity contribution in [1.82, 2.24) is 4.98 Å². The van der Waals surface area contributed by atoms with Crippen LogP contribution in [0.4, 0.5) is 5.82 Å². The molecule has 21 heavy (non-hydrogen) atoms. The van der Waals surface area contributed by atoms with Gasteiger partial charge in [-0.05, 0) is 49.8 Å². The number of hydrogen-bond donors (Lipinski definition) is 2. The van der Waals surface area contributed by atoms with Gasteiger partial charge >= 0.3 is 5.97 Å². The van der Waals surface area contributed by atoms with Crippen molar-refractivity contribution in [3.8, 4) is 0 Å². The van der Waals surface area contributed by atoms with Crippen LogP contribution in [0.3, 0.4) is 0 Å². The van der Waals surface area contributed by atoms with Crippen molar-refractivity contribution < 1.29 is 14.7 Å². The normalized spacial score (nSPS) is 29.6. The summed E-state index contributed by atoms with van der Waals surface area (Å²) in [4.78, 5) is 28.2. The van der Waals surface area contributed by atoms with E-state index >= 15 is 0 Å². The predicted octanol–water partition coefficient (Wildman–Crippen LogP) is 2.16. The molecule has 1 aromatic rings. The maximum absolute atomic E-state index is 12.5. The molecule has 2 N–H and O–H groups in total. The van der Waals surface area contributed by atoms with E-state index in [1.807, 2.05) is 32.1 Å². The third-order valence-electron chi connectivity index (χ3n) is 4.40. The van der Waals surface area contributed by atoms with Crippen molar-refractivity contribution in [2.45, 2.75) is 20.3 Å². The smallest absolute Gasteiger partial charge is 0.307 e. The summed E-state index contributed by atoms with van der Waals surface area (Å²) in [6.07, 6.45) is 4.67. The van der Waals surface area contributed by atoms with Crippen molar-refractivity contribution in [2.24, 2.45) is 23.7 Å². The van der Waals surface area contributed by atoms with Crippen molar-refractivity contribution in [2.75, 3.05) is 5.32 Å². The monoisotopic (exact) mass is 286 g/mol. The Labute approximate surface area is 123 Å². The molecule has 1 fully saturated rings. The van der Waals surface area contributed by atoms with Gasteiger partial charge in [0.1, 0.15) is 5.82 Å². The molecule has 2 aliphatic rings. The number of nitrogens with one attached hydrogen (secondary N) is 1. The highest BCUT2D eigenvalue weighted by Crippen LogP contribution is 2.48. The van der Waals surface area contributed by atoms with Gasteiger partial charge in [-0.1, -0.05) is 12.2 Å². The Kier molecular flexibility index (Phi) is 3.27. The summed E-state index contributed by atoms with van der Waals surface area (Å²) in [5, 5.41) is 12.2. The summed E-state index contributed by atoms with van der Waals surface area (Å²) in [6.45, 7) is 3.80. The largest absolute Gasteiger partial charge is 0.481 e. The Bertz CT molecular complexity index is 618. The van der Waals surface area contributed by atoms with Crippen LogP contribution < -0.4 is 5.32 Å². The molecule has 0 aliphatic heterocycles. The van der Waals surface area contributed by atoms with Crippen LogP contribution in [0.25, 0.3) is 0 Å². The quantitative estimate of drug-likeness (QED) is 0.834. The summed E-state index contributed by atoms with van der Waals surface area (Å²) in [5.41, 5.74) is 1.84. The predicted molar refractivity (Wildman–Crippen MR) is 77.7 cm³/mol. The first kappa shape index (κ1) is 13.8. The zero-order valence-corrected chi connectivity index (χ0v) is 12.0. The van der Waals surface area contributed by atoms with Crippen LogP contribution in [0.15, 0.2) is 24.3 Å². The molecule has 1 heterocycles. The number of aliphatic carboxylic acids is 1. The van der Waals surface area contributed by atoms with Crippen LogP contribution in [0, 0.1) is 37.5 Å². The lowest BCUT2D eigenvalue weighted by Gasteiger charge is -2.23. The molecule has 5 heteroatoms. The topological polar surface area (TPSA) is 79.3 Å². The van der Waals surface area contributed by atoms with Gasteiger partial charge < -0.3 is 10.4 Å². The van der Waals surface area contributed by atoms with E-state index in [0.29, 0.717) is 5.82 Å². The van der Waals surface area contributed by atoms with E-state index in [9.17, 15) is 14.7 Å². The van der Waals surface area contributed by atoms with Gasteiger partial charge in [0.15, 0.2) is 0 Å². The zero-order valence-electron chi connectivity index (χ0n) is 12.0. The van der Waals surface area contributed by atoms with Crippen LogP contribution >= 0.6 is 0 Å². The van der Waals surface area contributed by atoms with E-state index in [1.165, 1.54) is 0 Å². The molecule has 0 aromatic carbocycles. The third-order valence-corrected chi connectivity index (χ3v) is 4.40. The molecule has 0 radical (unpaired) electrons. The highest BCUT2D eigenvalue weighted by molar-refractivity contribution is 5.95. The number of carbonyl (C=O) groups is 2. The fraction of sp³-hybridized carbons (Fsp3) is 0.438. The standard InChI is InChI=1S/C16H18N2O3/c1-8-5-9(2)17-12(6-8)18-15(19)13-10-3-4-11(7-10)14(13)16(20)21/h3-6,10-11,13-14H,7H2,1-2H3,(H,20,21)(H,17,18,19)/t10-,11-,13-,14-/m0/s1. The van der Waals surface area contributed by atoms with Gasteiger partial charge in [-0.3, -0.25) is 9.59 Å². The summed E-state index contributed by atoms with van der Waals surface area (Å²) in [5.74, 6) is -1.74. The lowest BCUT2D eigenvalue weighted by molar-refractivity contribution is -0.146. The molecule has 0 unspecified atom stereocenters. The number of rotatable bonds is 3. The number of anilines is 1. The molecule has 1 amide bonds. The number of amides is 1. The van der Waals surface area contributed by atoms with E-state index < -0.39 is 17.8 Å². The van der Waals surface area contributed by atoms with Crippen molar-refractivity contribution >= 4 is 17.7 Å². The lowest BCUT2D eigenvalue weighted by atomic mass is 9.82. The molecule has 1 aromatic heterocycles. The van der Waals surface area contributed by atoms with Gasteiger partial charge in [0, 0.05) is 5.69 Å². The minimum atomic E-state index is -0.889. The van der Waals surface area contributed by atoms with Crippen LogP contribution in [-0.4, -0.2) is 22.0 Å². The minimum Gasteiger partial charge on any atom is -0.481 e. The SMILES string of the molecule is Cc1cc(C)nc(NC(=O)[C@@H]2[C@@H](C(=O)O)[C@H]3C=C[C@H]2C3)c1. The lowest BCUT2D eigenvalue weighted by Crippen LogP contribution is -2.36. The highest BCUT2D eigenvalue weighted by Gasteiger charge is 2.51. The maximum Gasteiger partial charge on any atom is 0.307 e. The Balaban J connectivity index is 1.82. The Morgan fingerprint density at radius 1 is 1.19 bits per heavy atom. The van der Waals surface area contributed by atoms with Crippen LogP contribution in [0.2, 0.25) is 0 Å². The summed E-state index contributed by atoms with van der Waals surface area (Å²) in [7, 11) is 0. The summed E-state index contributed by atoms with van der Waals surface area (Å²) < 4.78 is 0. The van der Waals surface area contributed by atoms with E-state index in [4.69, 9.17) is 0 Å². The van der Waals surface area contributed by atoms with Crippen molar-refractivity contribution in [3.63, 3.8) is 0 Å². The number of carbonyl (C=O) groups excluding carboxylic acids is 1. The zero-order chi connectivity index (χ0) is 15.1. The first-order valence-corrected chi connectivity index (χ1v) is 7.13. The van der Waals surface area contributed by atoms with Crippen molar-refractivity contribution in [1.29, 1.82) is 0 Å². The summed E-state index contributed by atoms with van der Waals surface area (Å²) >= 11 is 0. The van der Waals surface area contributed by atoms with Gasteiger partial charge in [0.05, 0.1) is 11.8 Å². The second kappa shape index (κ2) is 4.98. The molecule has 0 saturated heterocycles. The number of carboxylic acid groups (broad SMARTS) is 1. The van der Waals surface area contributed by atoms with E-state index in [0.717, 1.165) is 17.7 Å². The maximum atomic E-state index is 12.5. The molecule has 2 aliphatic carbocycles. The highest BCUT2D eigenvalue weighted by atomic mass is 16.4. The van der Waals surface area contributed by atoms with Crippen molar-refractivity contribution in [3.05, 3.63) is 35.5 Å². The van der Waals surface area contributed by atoms with Gasteiger partial charge in [-0.25, -0.2) is 4.98 Å².